The van der Waals surface area contributed by atoms with Gasteiger partial charge in [-0.3, -0.25) is 0 Å². The van der Waals surface area contributed by atoms with Gasteiger partial charge in [-0.25, -0.2) is 9.78 Å². The molecule has 1 aromatic heterocycles. The first-order chi connectivity index (χ1) is 9.63. The molecule has 102 valence electrons. The molecule has 1 aromatic carbocycles. The third kappa shape index (κ3) is 2.37. The molecule has 0 saturated carbocycles. The minimum atomic E-state index is -0.982. The smallest absolute Gasteiger partial charge is 0.337 e. The van der Waals surface area contributed by atoms with Gasteiger partial charge < -0.3 is 9.84 Å². The molecule has 1 aliphatic rings. The minimum absolute atomic E-state index is 0.170. The second-order valence-electron chi connectivity index (χ2n) is 5.04. The van der Waals surface area contributed by atoms with E-state index in [9.17, 15) is 4.79 Å². The van der Waals surface area contributed by atoms with Crippen molar-refractivity contribution in [1.29, 1.82) is 0 Å². The van der Waals surface area contributed by atoms with Crippen LogP contribution in [0.5, 0.6) is 11.6 Å². The summed E-state index contributed by atoms with van der Waals surface area (Å²) in [5.74, 6) is 0.224. The number of aromatic nitrogens is 1. The molecule has 0 spiro atoms. The van der Waals surface area contributed by atoms with Gasteiger partial charge in [-0.1, -0.05) is 6.07 Å². The van der Waals surface area contributed by atoms with Crippen LogP contribution < -0.4 is 4.74 Å². The lowest BCUT2D eigenvalue weighted by atomic mass is 10.1. The number of nitrogens with zero attached hydrogens (tertiary/aromatic N) is 1. The van der Waals surface area contributed by atoms with Crippen LogP contribution >= 0.6 is 0 Å². The highest BCUT2D eigenvalue weighted by Crippen LogP contribution is 2.29. The lowest BCUT2D eigenvalue weighted by Crippen LogP contribution is -2.00. The zero-order valence-corrected chi connectivity index (χ0v) is 11.2. The summed E-state index contributed by atoms with van der Waals surface area (Å²) in [6, 6.07) is 7.65. The molecular formula is C16H15NO3. The van der Waals surface area contributed by atoms with Gasteiger partial charge in [-0.15, -0.1) is 0 Å². The summed E-state index contributed by atoms with van der Waals surface area (Å²) in [6.07, 6.45) is 4.75. The Kier molecular flexibility index (Phi) is 3.14. The van der Waals surface area contributed by atoms with E-state index in [1.165, 1.54) is 23.7 Å². The van der Waals surface area contributed by atoms with Crippen LogP contribution in [0.2, 0.25) is 0 Å². The van der Waals surface area contributed by atoms with E-state index in [2.05, 4.69) is 17.1 Å². The van der Waals surface area contributed by atoms with Crippen molar-refractivity contribution >= 4 is 5.97 Å². The number of fused-ring (bicyclic) bond motifs is 1. The molecule has 0 atom stereocenters. The lowest BCUT2D eigenvalue weighted by Gasteiger charge is -2.09. The molecule has 2 aromatic rings. The Balaban J connectivity index is 1.86. The fraction of sp³-hybridized carbons (Fsp3) is 0.250. The van der Waals surface area contributed by atoms with Crippen molar-refractivity contribution in [3.05, 3.63) is 52.7 Å². The Bertz CT molecular complexity index is 679. The summed E-state index contributed by atoms with van der Waals surface area (Å²) in [5, 5.41) is 8.91. The van der Waals surface area contributed by atoms with Crippen LogP contribution in [0, 0.1) is 6.92 Å². The monoisotopic (exact) mass is 269 g/mol. The van der Waals surface area contributed by atoms with E-state index in [4.69, 9.17) is 9.84 Å². The number of pyridine rings is 1. The van der Waals surface area contributed by atoms with Gasteiger partial charge in [-0.2, -0.15) is 0 Å². The van der Waals surface area contributed by atoms with Crippen molar-refractivity contribution in [3.8, 4) is 11.6 Å². The van der Waals surface area contributed by atoms with Crippen LogP contribution in [0.25, 0.3) is 0 Å². The maximum Gasteiger partial charge on any atom is 0.337 e. The fourth-order valence-corrected chi connectivity index (χ4v) is 2.51. The maximum atomic E-state index is 10.9. The minimum Gasteiger partial charge on any atom is -0.478 e. The highest BCUT2D eigenvalue weighted by molar-refractivity contribution is 5.87. The van der Waals surface area contributed by atoms with Gasteiger partial charge in [0, 0.05) is 11.8 Å². The molecule has 1 heterocycles. The highest BCUT2D eigenvalue weighted by Gasteiger charge is 2.13. The average Bonchev–Trinajstić information content (AvgIpc) is 2.88. The van der Waals surface area contributed by atoms with Crippen LogP contribution in [0.1, 0.15) is 33.5 Å². The average molecular weight is 269 g/mol. The molecule has 0 amide bonds. The topological polar surface area (TPSA) is 59.4 Å². The zero-order valence-electron chi connectivity index (χ0n) is 11.2. The van der Waals surface area contributed by atoms with Gasteiger partial charge in [0.25, 0.3) is 0 Å². The number of hydrogen-bond donors (Lipinski definition) is 1. The molecule has 4 heteroatoms. The molecule has 0 aliphatic heterocycles. The first kappa shape index (κ1) is 12.7. The molecule has 0 radical (unpaired) electrons. The molecule has 0 saturated heterocycles. The fourth-order valence-electron chi connectivity index (χ4n) is 2.51. The first-order valence-electron chi connectivity index (χ1n) is 6.63. The summed E-state index contributed by atoms with van der Waals surface area (Å²) in [6.45, 7) is 1.79. The van der Waals surface area contributed by atoms with Gasteiger partial charge in [0.05, 0.1) is 5.56 Å². The first-order valence-corrected chi connectivity index (χ1v) is 6.63. The van der Waals surface area contributed by atoms with E-state index in [-0.39, 0.29) is 5.56 Å². The van der Waals surface area contributed by atoms with Gasteiger partial charge in [0.1, 0.15) is 5.75 Å². The number of carboxylic acids is 1. The number of aromatic carboxylic acids is 1. The molecule has 0 fully saturated rings. The number of benzene rings is 1. The maximum absolute atomic E-state index is 10.9. The Morgan fingerprint density at radius 3 is 2.80 bits per heavy atom. The Hall–Kier alpha value is -2.36. The van der Waals surface area contributed by atoms with Crippen molar-refractivity contribution in [3.63, 3.8) is 0 Å². The van der Waals surface area contributed by atoms with Gasteiger partial charge in [0.2, 0.25) is 5.88 Å². The standard InChI is InChI=1S/C16H15NO3/c1-10-7-13(16(18)19)9-17-15(10)20-14-6-5-11-3-2-4-12(11)8-14/h5-9H,2-4H2,1H3,(H,18,19). The Labute approximate surface area is 117 Å². The van der Waals surface area contributed by atoms with Crippen LogP contribution in [0.4, 0.5) is 0 Å². The molecule has 3 rings (SSSR count). The largest absolute Gasteiger partial charge is 0.478 e. The van der Waals surface area contributed by atoms with Crippen LogP contribution in [0.3, 0.4) is 0 Å². The van der Waals surface area contributed by atoms with E-state index in [0.29, 0.717) is 11.4 Å². The molecule has 1 aliphatic carbocycles. The van der Waals surface area contributed by atoms with Crippen molar-refractivity contribution in [2.45, 2.75) is 26.2 Å². The molecule has 0 unspecified atom stereocenters. The Morgan fingerprint density at radius 1 is 1.25 bits per heavy atom. The van der Waals surface area contributed by atoms with E-state index >= 15 is 0 Å². The molecule has 1 N–H and O–H groups in total. The molecule has 0 bridgehead atoms. The Morgan fingerprint density at radius 2 is 2.05 bits per heavy atom. The van der Waals surface area contributed by atoms with Crippen LogP contribution in [-0.2, 0) is 12.8 Å². The number of rotatable bonds is 3. The SMILES string of the molecule is Cc1cc(C(=O)O)cnc1Oc1ccc2c(c1)CCC2. The number of ether oxygens (including phenoxy) is 1. The number of aryl methyl sites for hydroxylation is 3. The van der Waals surface area contributed by atoms with Gasteiger partial charge in [-0.05, 0) is 55.5 Å². The second-order valence-corrected chi connectivity index (χ2v) is 5.04. The van der Waals surface area contributed by atoms with Crippen molar-refractivity contribution in [2.75, 3.05) is 0 Å². The predicted octanol–water partition coefficient (Wildman–Crippen LogP) is 3.37. The summed E-state index contributed by atoms with van der Waals surface area (Å²) in [7, 11) is 0. The van der Waals surface area contributed by atoms with E-state index in [1.54, 1.807) is 13.0 Å². The summed E-state index contributed by atoms with van der Waals surface area (Å²) in [4.78, 5) is 15.0. The van der Waals surface area contributed by atoms with E-state index < -0.39 is 5.97 Å². The third-order valence-electron chi connectivity index (χ3n) is 3.56. The van der Waals surface area contributed by atoms with Crippen LogP contribution in [-0.4, -0.2) is 16.1 Å². The van der Waals surface area contributed by atoms with Crippen molar-refractivity contribution in [2.24, 2.45) is 0 Å². The normalized spacial score (nSPS) is 13.1. The molecular weight excluding hydrogens is 254 g/mol. The number of hydrogen-bond acceptors (Lipinski definition) is 3. The van der Waals surface area contributed by atoms with E-state index in [0.717, 1.165) is 18.6 Å². The van der Waals surface area contributed by atoms with Crippen molar-refractivity contribution in [1.82, 2.24) is 4.98 Å². The highest BCUT2D eigenvalue weighted by atomic mass is 16.5. The van der Waals surface area contributed by atoms with Gasteiger partial charge >= 0.3 is 5.97 Å². The third-order valence-corrected chi connectivity index (χ3v) is 3.56. The molecule has 4 nitrogen and oxygen atoms in total. The zero-order chi connectivity index (χ0) is 14.1. The summed E-state index contributed by atoms with van der Waals surface area (Å²) in [5.41, 5.74) is 3.61. The van der Waals surface area contributed by atoms with Crippen molar-refractivity contribution < 1.29 is 14.6 Å². The van der Waals surface area contributed by atoms with Gasteiger partial charge in [0.15, 0.2) is 0 Å². The molecule has 20 heavy (non-hydrogen) atoms. The van der Waals surface area contributed by atoms with E-state index in [1.807, 2.05) is 6.07 Å². The second kappa shape index (κ2) is 4.96. The van der Waals surface area contributed by atoms with Crippen LogP contribution in [0.15, 0.2) is 30.5 Å². The summed E-state index contributed by atoms with van der Waals surface area (Å²) >= 11 is 0. The lowest BCUT2D eigenvalue weighted by molar-refractivity contribution is 0.0696. The quantitative estimate of drug-likeness (QED) is 0.928. The number of carboxylic acid groups (broad SMARTS) is 1. The summed E-state index contributed by atoms with van der Waals surface area (Å²) < 4.78 is 5.77. The predicted molar refractivity (Wildman–Crippen MR) is 74.5 cm³/mol. The number of carbonyl (C=O) groups is 1.